The first-order valence-corrected chi connectivity index (χ1v) is 4.15. The fourth-order valence-electron chi connectivity index (χ4n) is 1.15. The quantitative estimate of drug-likeness (QED) is 0.569. The van der Waals surface area contributed by atoms with Crippen LogP contribution in [0.1, 0.15) is 6.42 Å². The summed E-state index contributed by atoms with van der Waals surface area (Å²) in [5.74, 6) is -6.52. The molecule has 17 heavy (non-hydrogen) atoms. The summed E-state index contributed by atoms with van der Waals surface area (Å²) in [7, 11) is 0. The molecular weight excluding hydrogens is 271 g/mol. The van der Waals surface area contributed by atoms with Crippen LogP contribution in [0.25, 0.3) is 0 Å². The van der Waals surface area contributed by atoms with Crippen LogP contribution in [0.2, 0.25) is 0 Å². The summed E-state index contributed by atoms with van der Waals surface area (Å²) in [5.41, 5.74) is -5.68. The van der Waals surface area contributed by atoms with Gasteiger partial charge in [0.05, 0.1) is 12.7 Å². The monoisotopic (exact) mass is 276 g/mol. The molecule has 0 amide bonds. The number of halogens is 9. The van der Waals surface area contributed by atoms with Crippen molar-refractivity contribution in [3.05, 3.63) is 0 Å². The van der Waals surface area contributed by atoms with Crippen LogP contribution in [-0.4, -0.2) is 36.7 Å². The normalized spacial score (nSPS) is 25.6. The summed E-state index contributed by atoms with van der Waals surface area (Å²) >= 11 is 0. The topological polar surface area (TPSA) is 12.5 Å². The molecule has 0 N–H and O–H groups in total. The highest BCUT2D eigenvalue weighted by molar-refractivity contribution is 5.06. The molecule has 0 aromatic heterocycles. The molecule has 0 saturated carbocycles. The Labute approximate surface area is 88.5 Å². The van der Waals surface area contributed by atoms with Crippen LogP contribution in [0.15, 0.2) is 0 Å². The van der Waals surface area contributed by atoms with Gasteiger partial charge in [-0.1, -0.05) is 0 Å². The lowest BCUT2D eigenvalue weighted by Crippen LogP contribution is -2.62. The summed E-state index contributed by atoms with van der Waals surface area (Å²) in [6.45, 7) is -0.477. The number of rotatable bonds is 3. The smallest absolute Gasteiger partial charge is 0.373 e. The number of epoxide rings is 1. The summed E-state index contributed by atoms with van der Waals surface area (Å²) < 4.78 is 114. The van der Waals surface area contributed by atoms with E-state index >= 15 is 0 Å². The van der Waals surface area contributed by atoms with Gasteiger partial charge in [0.25, 0.3) is 5.67 Å². The van der Waals surface area contributed by atoms with E-state index < -0.39 is 43.1 Å². The van der Waals surface area contributed by atoms with Gasteiger partial charge in [0.2, 0.25) is 0 Å². The van der Waals surface area contributed by atoms with Crippen LogP contribution < -0.4 is 0 Å². The first-order valence-electron chi connectivity index (χ1n) is 4.15. The van der Waals surface area contributed by atoms with Crippen molar-refractivity contribution in [2.75, 3.05) is 6.61 Å². The number of alkyl halides is 9. The molecule has 1 aliphatic rings. The maximum Gasteiger partial charge on any atom is 0.457 e. The van der Waals surface area contributed by atoms with Crippen molar-refractivity contribution in [3.63, 3.8) is 0 Å². The molecule has 0 aliphatic carbocycles. The SMILES string of the molecule is FC(F)(F)C(F)(F)[C@](F)(C[C@H]1CO1)C(F)(F)F. The summed E-state index contributed by atoms with van der Waals surface area (Å²) in [4.78, 5) is 0. The van der Waals surface area contributed by atoms with Gasteiger partial charge in [0, 0.05) is 6.42 Å². The minimum absolute atomic E-state index is 0.477. The second-order valence-corrected chi connectivity index (χ2v) is 3.53. The molecule has 0 spiro atoms. The molecule has 2 atom stereocenters. The van der Waals surface area contributed by atoms with Crippen molar-refractivity contribution in [3.8, 4) is 0 Å². The predicted molar refractivity (Wildman–Crippen MR) is 35.3 cm³/mol. The van der Waals surface area contributed by atoms with Crippen LogP contribution in [-0.2, 0) is 4.74 Å². The van der Waals surface area contributed by atoms with Crippen molar-refractivity contribution in [1.82, 2.24) is 0 Å². The minimum Gasteiger partial charge on any atom is -0.373 e. The van der Waals surface area contributed by atoms with E-state index in [9.17, 15) is 39.5 Å². The van der Waals surface area contributed by atoms with Crippen LogP contribution in [0.4, 0.5) is 39.5 Å². The van der Waals surface area contributed by atoms with E-state index in [-0.39, 0.29) is 0 Å². The van der Waals surface area contributed by atoms with E-state index in [0.717, 1.165) is 0 Å². The van der Waals surface area contributed by atoms with Gasteiger partial charge in [0.1, 0.15) is 0 Å². The summed E-state index contributed by atoms with van der Waals surface area (Å²) in [5, 5.41) is 0. The largest absolute Gasteiger partial charge is 0.457 e. The highest BCUT2D eigenvalue weighted by Gasteiger charge is 2.81. The van der Waals surface area contributed by atoms with Crippen molar-refractivity contribution < 1.29 is 44.3 Å². The van der Waals surface area contributed by atoms with E-state index in [4.69, 9.17) is 0 Å². The Hall–Kier alpha value is -0.670. The van der Waals surface area contributed by atoms with Crippen molar-refractivity contribution in [1.29, 1.82) is 0 Å². The molecule has 1 saturated heterocycles. The highest BCUT2D eigenvalue weighted by Crippen LogP contribution is 2.55. The van der Waals surface area contributed by atoms with Gasteiger partial charge in [-0.2, -0.15) is 35.1 Å². The van der Waals surface area contributed by atoms with Crippen LogP contribution >= 0.6 is 0 Å². The zero-order valence-corrected chi connectivity index (χ0v) is 7.80. The molecule has 10 heteroatoms. The standard InChI is InChI=1S/C7H5F9O/c8-4(6(11,12)13,1-3-2-17-3)5(9,10)7(14,15)16/h3H,1-2H2/t3-,4+/m0/s1. The Balaban J connectivity index is 3.13. The molecule has 1 fully saturated rings. The average Bonchev–Trinajstić information content (AvgIpc) is 2.83. The fraction of sp³-hybridized carbons (Fsp3) is 1.00. The molecule has 0 aromatic rings. The third kappa shape index (κ3) is 2.31. The predicted octanol–water partition coefficient (Wildman–Crippen LogP) is 3.24. The molecule has 1 heterocycles. The number of ether oxygens (including phenoxy) is 1. The fourth-order valence-corrected chi connectivity index (χ4v) is 1.15. The molecule has 0 radical (unpaired) electrons. The van der Waals surface area contributed by atoms with E-state index in [1.54, 1.807) is 0 Å². The third-order valence-corrected chi connectivity index (χ3v) is 2.21. The average molecular weight is 276 g/mol. The highest BCUT2D eigenvalue weighted by atomic mass is 19.4. The summed E-state index contributed by atoms with van der Waals surface area (Å²) in [6.07, 6.45) is -16.6. The van der Waals surface area contributed by atoms with Gasteiger partial charge >= 0.3 is 18.3 Å². The van der Waals surface area contributed by atoms with Crippen LogP contribution in [0.3, 0.4) is 0 Å². The Morgan fingerprint density at radius 1 is 0.824 bits per heavy atom. The van der Waals surface area contributed by atoms with E-state index in [0.29, 0.717) is 0 Å². The zero-order valence-electron chi connectivity index (χ0n) is 7.80. The lowest BCUT2D eigenvalue weighted by molar-refractivity contribution is -0.385. The maximum atomic E-state index is 13.2. The van der Waals surface area contributed by atoms with Gasteiger partial charge in [-0.15, -0.1) is 0 Å². The van der Waals surface area contributed by atoms with Crippen molar-refractivity contribution >= 4 is 0 Å². The van der Waals surface area contributed by atoms with Crippen LogP contribution in [0.5, 0.6) is 0 Å². The maximum absolute atomic E-state index is 13.2. The molecule has 1 rings (SSSR count). The lowest BCUT2D eigenvalue weighted by atomic mass is 9.91. The zero-order chi connectivity index (χ0) is 13.7. The third-order valence-electron chi connectivity index (χ3n) is 2.21. The first kappa shape index (κ1) is 14.4. The van der Waals surface area contributed by atoms with Gasteiger partial charge in [0.15, 0.2) is 0 Å². The minimum atomic E-state index is -6.63. The van der Waals surface area contributed by atoms with Crippen molar-refractivity contribution in [2.24, 2.45) is 0 Å². The molecule has 0 bridgehead atoms. The van der Waals surface area contributed by atoms with E-state index in [2.05, 4.69) is 4.74 Å². The second-order valence-electron chi connectivity index (χ2n) is 3.53. The lowest BCUT2D eigenvalue weighted by Gasteiger charge is -2.35. The molecule has 0 aromatic carbocycles. The molecule has 1 nitrogen and oxygen atoms in total. The summed E-state index contributed by atoms with van der Waals surface area (Å²) in [6, 6.07) is 0. The molecular formula is C7H5F9O. The Morgan fingerprint density at radius 2 is 1.24 bits per heavy atom. The van der Waals surface area contributed by atoms with Crippen molar-refractivity contribution in [2.45, 2.75) is 36.5 Å². The Bertz CT molecular complexity index is 289. The Morgan fingerprint density at radius 3 is 1.47 bits per heavy atom. The van der Waals surface area contributed by atoms with Gasteiger partial charge in [-0.05, 0) is 0 Å². The first-order chi connectivity index (χ1) is 7.33. The molecule has 0 unspecified atom stereocenters. The molecule has 1 aliphatic heterocycles. The number of hydrogen-bond acceptors (Lipinski definition) is 1. The van der Waals surface area contributed by atoms with Gasteiger partial charge in [-0.25, -0.2) is 4.39 Å². The van der Waals surface area contributed by atoms with Gasteiger partial charge < -0.3 is 4.74 Å². The Kier molecular flexibility index (Phi) is 3.10. The number of hydrogen-bond donors (Lipinski definition) is 0. The van der Waals surface area contributed by atoms with E-state index in [1.165, 1.54) is 0 Å². The van der Waals surface area contributed by atoms with Crippen LogP contribution in [0, 0.1) is 0 Å². The van der Waals surface area contributed by atoms with Gasteiger partial charge in [-0.3, -0.25) is 0 Å². The molecule has 102 valence electrons. The second kappa shape index (κ2) is 3.66. The van der Waals surface area contributed by atoms with E-state index in [1.807, 2.05) is 0 Å².